The molecule has 4 aromatic rings. The first kappa shape index (κ1) is 33.2. The molecule has 3 heterocycles. The number of methoxy groups -OCH3 is 2. The highest BCUT2D eigenvalue weighted by molar-refractivity contribution is 7.93. The van der Waals surface area contributed by atoms with Crippen LogP contribution in [0.4, 0.5) is 11.6 Å². The first-order valence-corrected chi connectivity index (χ1v) is 16.8. The molecule has 1 saturated heterocycles. The Kier molecular flexibility index (Phi) is 9.09. The molecule has 0 bridgehead atoms. The Morgan fingerprint density at radius 3 is 2.35 bits per heavy atom. The predicted octanol–water partition coefficient (Wildman–Crippen LogP) is 2.64. The van der Waals surface area contributed by atoms with E-state index in [1.54, 1.807) is 54.7 Å². The molecule has 14 nitrogen and oxygen atoms in total. The summed E-state index contributed by atoms with van der Waals surface area (Å²) in [5.41, 5.74) is 0.770. The number of nitrogens with one attached hydrogen (secondary N) is 1. The van der Waals surface area contributed by atoms with Crippen LogP contribution < -0.4 is 28.8 Å². The topological polar surface area (TPSA) is 167 Å². The van der Waals surface area contributed by atoms with Gasteiger partial charge in [-0.1, -0.05) is 18.2 Å². The molecule has 6 rings (SSSR count). The highest BCUT2D eigenvalue weighted by Gasteiger charge is 2.62. The summed E-state index contributed by atoms with van der Waals surface area (Å²) in [6.45, 7) is 3.57. The minimum absolute atomic E-state index is 0.00794. The van der Waals surface area contributed by atoms with Crippen molar-refractivity contribution in [2.45, 2.75) is 17.2 Å². The van der Waals surface area contributed by atoms with Gasteiger partial charge in [0.15, 0.2) is 5.41 Å². The number of sulfonamides is 1. The average molecular weight is 684 g/mol. The lowest BCUT2D eigenvalue weighted by atomic mass is 9.73. The number of hydrazine groups is 1. The number of anilines is 2. The van der Waals surface area contributed by atoms with Gasteiger partial charge in [-0.3, -0.25) is 15.0 Å². The number of carbonyl (C=O) groups excluding carboxylic acids is 2. The fourth-order valence-electron chi connectivity index (χ4n) is 6.15. The SMILES string of the molecule is CCOc1ccccc1C1(C(=O)NN2CCN(c3ncccn3)CC2)C(=O)N(S(=O)(=O)c2ccc(OC)cc2OC)c2ccc(C#N)cc21. The Bertz CT molecular complexity index is 2050. The van der Waals surface area contributed by atoms with Gasteiger partial charge in [0.05, 0.1) is 38.1 Å². The smallest absolute Gasteiger partial charge is 0.274 e. The summed E-state index contributed by atoms with van der Waals surface area (Å²) >= 11 is 0. The zero-order valence-electron chi connectivity index (χ0n) is 27.0. The second-order valence-electron chi connectivity index (χ2n) is 11.1. The molecule has 1 unspecified atom stereocenters. The molecule has 1 atom stereocenters. The van der Waals surface area contributed by atoms with Crippen molar-refractivity contribution >= 4 is 33.5 Å². The van der Waals surface area contributed by atoms with Gasteiger partial charge >= 0.3 is 0 Å². The number of para-hydroxylation sites is 1. The van der Waals surface area contributed by atoms with E-state index < -0.39 is 27.3 Å². The van der Waals surface area contributed by atoms with Crippen molar-refractivity contribution in [2.75, 3.05) is 56.2 Å². The molecule has 2 aliphatic heterocycles. The molecule has 2 aliphatic rings. The van der Waals surface area contributed by atoms with Crippen LogP contribution in [0.1, 0.15) is 23.6 Å². The van der Waals surface area contributed by atoms with Crippen LogP contribution >= 0.6 is 0 Å². The van der Waals surface area contributed by atoms with Gasteiger partial charge in [0, 0.05) is 55.8 Å². The highest BCUT2D eigenvalue weighted by atomic mass is 32.2. The van der Waals surface area contributed by atoms with Gasteiger partial charge in [-0.05, 0) is 49.4 Å². The van der Waals surface area contributed by atoms with Crippen LogP contribution in [-0.4, -0.2) is 82.2 Å². The van der Waals surface area contributed by atoms with E-state index in [9.17, 15) is 18.5 Å². The summed E-state index contributed by atoms with van der Waals surface area (Å²) in [6.07, 6.45) is 3.30. The maximum atomic E-state index is 15.1. The Morgan fingerprint density at radius 2 is 1.67 bits per heavy atom. The predicted molar refractivity (Wildman–Crippen MR) is 178 cm³/mol. The van der Waals surface area contributed by atoms with Crippen LogP contribution in [-0.2, 0) is 25.0 Å². The van der Waals surface area contributed by atoms with Crippen molar-refractivity contribution < 1.29 is 32.2 Å². The lowest BCUT2D eigenvalue weighted by Gasteiger charge is -2.37. The fourth-order valence-corrected chi connectivity index (χ4v) is 7.75. The van der Waals surface area contributed by atoms with Crippen molar-refractivity contribution in [2.24, 2.45) is 0 Å². The van der Waals surface area contributed by atoms with Crippen LogP contribution in [0.2, 0.25) is 0 Å². The van der Waals surface area contributed by atoms with Gasteiger partial charge in [-0.25, -0.2) is 27.7 Å². The second-order valence-corrected chi connectivity index (χ2v) is 12.8. The van der Waals surface area contributed by atoms with Gasteiger partial charge in [0.1, 0.15) is 22.1 Å². The molecular weight excluding hydrogens is 650 g/mol. The van der Waals surface area contributed by atoms with Gasteiger partial charge < -0.3 is 19.1 Å². The fraction of sp³-hybridized carbons (Fsp3) is 0.265. The van der Waals surface area contributed by atoms with E-state index in [-0.39, 0.29) is 45.4 Å². The maximum absolute atomic E-state index is 15.1. The quantitative estimate of drug-likeness (QED) is 0.243. The first-order valence-electron chi connectivity index (χ1n) is 15.4. The van der Waals surface area contributed by atoms with E-state index in [0.717, 1.165) is 0 Å². The van der Waals surface area contributed by atoms with E-state index >= 15 is 4.79 Å². The largest absolute Gasteiger partial charge is 0.497 e. The van der Waals surface area contributed by atoms with Crippen LogP contribution in [0.25, 0.3) is 0 Å². The maximum Gasteiger partial charge on any atom is 0.274 e. The minimum atomic E-state index is -4.73. The molecular formula is C34H33N7O7S. The number of benzene rings is 3. The number of piperazine rings is 1. The van der Waals surface area contributed by atoms with Crippen molar-refractivity contribution in [1.82, 2.24) is 20.4 Å². The Balaban J connectivity index is 1.50. The molecule has 3 aromatic carbocycles. The molecule has 252 valence electrons. The monoisotopic (exact) mass is 683 g/mol. The first-order chi connectivity index (χ1) is 23.7. The van der Waals surface area contributed by atoms with Gasteiger partial charge in [-0.2, -0.15) is 5.26 Å². The lowest BCUT2D eigenvalue weighted by molar-refractivity contribution is -0.136. The third-order valence-corrected chi connectivity index (χ3v) is 10.2. The summed E-state index contributed by atoms with van der Waals surface area (Å²) in [5, 5.41) is 11.6. The highest BCUT2D eigenvalue weighted by Crippen LogP contribution is 2.51. The molecule has 2 amide bonds. The van der Waals surface area contributed by atoms with Crippen LogP contribution in [0, 0.1) is 11.3 Å². The molecule has 0 saturated carbocycles. The normalized spacial score (nSPS) is 17.6. The summed E-state index contributed by atoms with van der Waals surface area (Å²) < 4.78 is 46.4. The molecule has 1 aromatic heterocycles. The number of nitrogens with zero attached hydrogens (tertiary/aromatic N) is 6. The summed E-state index contributed by atoms with van der Waals surface area (Å²) in [7, 11) is -2.01. The number of nitriles is 1. The van der Waals surface area contributed by atoms with Crippen LogP contribution in [0.5, 0.6) is 17.2 Å². The van der Waals surface area contributed by atoms with E-state index in [1.807, 2.05) is 4.90 Å². The standard InChI is InChI=1S/C34H33N7O7S/c1-4-48-28-9-6-5-8-25(28)34(31(42)38-40-18-16-39(17-19-40)33-36-14-7-15-37-33)26-20-23(22-35)10-12-27(26)41(32(34)43)49(44,45)30-13-11-24(46-2)21-29(30)47-3/h5-15,20-21H,4,16-19H2,1-3H3,(H,38,42). The second kappa shape index (κ2) is 13.4. The number of hydrogen-bond acceptors (Lipinski definition) is 12. The summed E-state index contributed by atoms with van der Waals surface area (Å²) in [5.74, 6) is -0.870. The average Bonchev–Trinajstić information content (AvgIpc) is 3.40. The third kappa shape index (κ3) is 5.64. The molecule has 15 heteroatoms. The zero-order chi connectivity index (χ0) is 34.8. The van der Waals surface area contributed by atoms with Crippen molar-refractivity contribution in [3.8, 4) is 23.3 Å². The van der Waals surface area contributed by atoms with Gasteiger partial charge in [0.25, 0.3) is 21.8 Å². The number of rotatable bonds is 10. The summed E-state index contributed by atoms with van der Waals surface area (Å²) in [4.78, 5) is 40.3. The number of ether oxygens (including phenoxy) is 3. The third-order valence-electron chi connectivity index (χ3n) is 8.45. The molecule has 1 N–H and O–H groups in total. The minimum Gasteiger partial charge on any atom is -0.497 e. The van der Waals surface area contributed by atoms with E-state index in [4.69, 9.17) is 14.2 Å². The molecule has 0 radical (unpaired) electrons. The molecule has 1 fully saturated rings. The number of aromatic nitrogens is 2. The van der Waals surface area contributed by atoms with Crippen molar-refractivity contribution in [3.63, 3.8) is 0 Å². The summed E-state index contributed by atoms with van der Waals surface area (Å²) in [6, 6.07) is 18.5. The molecule has 49 heavy (non-hydrogen) atoms. The van der Waals surface area contributed by atoms with Crippen LogP contribution in [0.3, 0.4) is 0 Å². The van der Waals surface area contributed by atoms with Crippen molar-refractivity contribution in [1.29, 1.82) is 5.26 Å². The lowest BCUT2D eigenvalue weighted by Crippen LogP contribution is -2.60. The van der Waals surface area contributed by atoms with Crippen LogP contribution in [0.15, 0.2) is 84.0 Å². The number of carbonyl (C=O) groups is 2. The Labute approximate surface area is 283 Å². The molecule has 0 spiro atoms. The number of amides is 2. The number of hydrogen-bond donors (Lipinski definition) is 1. The van der Waals surface area contributed by atoms with Gasteiger partial charge in [-0.15, -0.1) is 0 Å². The van der Waals surface area contributed by atoms with E-state index in [1.165, 1.54) is 50.6 Å². The Morgan fingerprint density at radius 1 is 0.939 bits per heavy atom. The van der Waals surface area contributed by atoms with Gasteiger partial charge in [0.2, 0.25) is 5.95 Å². The van der Waals surface area contributed by atoms with Crippen molar-refractivity contribution in [3.05, 3.63) is 95.8 Å². The van der Waals surface area contributed by atoms with E-state index in [0.29, 0.717) is 42.2 Å². The van der Waals surface area contributed by atoms with E-state index in [2.05, 4.69) is 21.5 Å². The Hall–Kier alpha value is -5.72. The molecule has 0 aliphatic carbocycles. The number of fused-ring (bicyclic) bond motifs is 1. The zero-order valence-corrected chi connectivity index (χ0v) is 27.8.